The molecule has 2 N–H and O–H groups in total. The molecule has 0 amide bonds. The lowest BCUT2D eigenvalue weighted by atomic mass is 9.64. The van der Waals surface area contributed by atoms with Crippen LogP contribution < -0.4 is 10.1 Å². The minimum atomic E-state index is -1.48. The zero-order valence-corrected chi connectivity index (χ0v) is 18.4. The Hall–Kier alpha value is -3.52. The second kappa shape index (κ2) is 8.92. The van der Waals surface area contributed by atoms with Crippen LogP contribution in [0.2, 0.25) is 0 Å². The minimum Gasteiger partial charge on any atom is -0.497 e. The summed E-state index contributed by atoms with van der Waals surface area (Å²) in [6, 6.07) is 12.9. The molecule has 3 atom stereocenters. The summed E-state index contributed by atoms with van der Waals surface area (Å²) < 4.78 is 5.17. The van der Waals surface area contributed by atoms with Gasteiger partial charge in [0.1, 0.15) is 11.5 Å². The maximum absolute atomic E-state index is 12.8. The van der Waals surface area contributed by atoms with Crippen LogP contribution in [0.3, 0.4) is 0 Å². The molecule has 0 aliphatic heterocycles. The van der Waals surface area contributed by atoms with Crippen LogP contribution in [0, 0.1) is 16.0 Å². The van der Waals surface area contributed by atoms with Crippen LogP contribution in [-0.2, 0) is 9.59 Å². The quantitative estimate of drug-likeness (QED) is 0.495. The van der Waals surface area contributed by atoms with Crippen LogP contribution in [0.5, 0.6) is 5.75 Å². The summed E-state index contributed by atoms with van der Waals surface area (Å²) in [5.41, 5.74) is 0.278. The van der Waals surface area contributed by atoms with Gasteiger partial charge in [-0.3, -0.25) is 19.7 Å². The Labute approximate surface area is 186 Å². The number of methoxy groups -OCH3 is 1. The number of nitro groups is 1. The number of ketones is 2. The average Bonchev–Trinajstić information content (AvgIpc) is 2.72. The lowest BCUT2D eigenvalue weighted by molar-refractivity contribution is -0.384. The van der Waals surface area contributed by atoms with Crippen LogP contribution in [0.15, 0.2) is 59.8 Å². The first-order valence-corrected chi connectivity index (χ1v) is 10.2. The third-order valence-corrected chi connectivity index (χ3v) is 5.82. The van der Waals surface area contributed by atoms with Gasteiger partial charge >= 0.3 is 0 Å². The van der Waals surface area contributed by atoms with E-state index in [0.717, 1.165) is 0 Å². The number of anilines is 1. The van der Waals surface area contributed by atoms with E-state index in [-0.39, 0.29) is 23.7 Å². The number of benzene rings is 2. The summed E-state index contributed by atoms with van der Waals surface area (Å²) in [6.45, 7) is 4.31. The van der Waals surface area contributed by atoms with E-state index >= 15 is 0 Å². The summed E-state index contributed by atoms with van der Waals surface area (Å²) >= 11 is 0. The second-order valence-electron chi connectivity index (χ2n) is 8.25. The number of carbonyl (C=O) groups is 2. The molecule has 0 saturated carbocycles. The number of hydrogen-bond donors (Lipinski definition) is 2. The van der Waals surface area contributed by atoms with E-state index in [1.54, 1.807) is 44.4 Å². The van der Waals surface area contributed by atoms with Gasteiger partial charge in [-0.25, -0.2) is 0 Å². The van der Waals surface area contributed by atoms with E-state index in [0.29, 0.717) is 28.3 Å². The first-order valence-electron chi connectivity index (χ1n) is 10.2. The molecule has 0 radical (unpaired) electrons. The van der Waals surface area contributed by atoms with Crippen molar-refractivity contribution in [2.75, 3.05) is 12.4 Å². The van der Waals surface area contributed by atoms with Crippen LogP contribution in [0.1, 0.15) is 38.7 Å². The van der Waals surface area contributed by atoms with Gasteiger partial charge in [0.2, 0.25) is 0 Å². The average molecular weight is 438 g/mol. The first-order chi connectivity index (χ1) is 15.0. The van der Waals surface area contributed by atoms with Gasteiger partial charge in [0.15, 0.2) is 5.78 Å². The molecule has 0 bridgehead atoms. The molecule has 0 saturated heterocycles. The number of rotatable bonds is 7. The molecule has 32 heavy (non-hydrogen) atoms. The van der Waals surface area contributed by atoms with Gasteiger partial charge in [0.05, 0.1) is 23.6 Å². The number of nitro benzene ring substituents is 1. The number of hydrogen-bond acceptors (Lipinski definition) is 7. The van der Waals surface area contributed by atoms with Gasteiger partial charge in [-0.15, -0.1) is 0 Å². The van der Waals surface area contributed by atoms with Crippen molar-refractivity contribution in [3.05, 3.63) is 75.5 Å². The number of allylic oxidation sites excluding steroid dienone is 1. The summed E-state index contributed by atoms with van der Waals surface area (Å²) in [4.78, 5) is 36.3. The smallest absolute Gasteiger partial charge is 0.269 e. The Bertz CT molecular complexity index is 1090. The van der Waals surface area contributed by atoms with Crippen molar-refractivity contribution in [3.8, 4) is 5.75 Å². The van der Waals surface area contributed by atoms with Crippen LogP contribution >= 0.6 is 0 Å². The summed E-state index contributed by atoms with van der Waals surface area (Å²) in [5.74, 6) is -1.69. The van der Waals surface area contributed by atoms with E-state index in [1.807, 2.05) is 0 Å². The van der Waals surface area contributed by atoms with Crippen LogP contribution in [0.4, 0.5) is 11.4 Å². The molecule has 0 aromatic heterocycles. The molecule has 0 heterocycles. The number of Topliss-reactive ketones (excluding diaryl/α,β-unsaturated/α-hetero) is 2. The molecule has 2 aromatic rings. The van der Waals surface area contributed by atoms with E-state index < -0.39 is 22.4 Å². The van der Waals surface area contributed by atoms with E-state index in [1.165, 1.54) is 32.0 Å². The van der Waals surface area contributed by atoms with E-state index in [2.05, 4.69) is 5.32 Å². The number of carbonyl (C=O) groups excluding carboxylic acids is 2. The normalized spacial score (nSPS) is 22.9. The molecule has 0 unspecified atom stereocenters. The zero-order valence-electron chi connectivity index (χ0n) is 18.4. The molecule has 3 rings (SSSR count). The van der Waals surface area contributed by atoms with Crippen molar-refractivity contribution in [3.63, 3.8) is 0 Å². The van der Waals surface area contributed by atoms with Crippen molar-refractivity contribution in [2.24, 2.45) is 5.92 Å². The van der Waals surface area contributed by atoms with Crippen molar-refractivity contribution in [2.45, 2.75) is 38.7 Å². The Morgan fingerprint density at radius 3 is 2.38 bits per heavy atom. The van der Waals surface area contributed by atoms with Crippen molar-refractivity contribution < 1.29 is 24.4 Å². The molecule has 2 aromatic carbocycles. The van der Waals surface area contributed by atoms with E-state index in [4.69, 9.17) is 4.74 Å². The Balaban J connectivity index is 2.20. The highest BCUT2D eigenvalue weighted by molar-refractivity contribution is 5.98. The van der Waals surface area contributed by atoms with Gasteiger partial charge in [0, 0.05) is 41.4 Å². The van der Waals surface area contributed by atoms with Gasteiger partial charge in [-0.2, -0.15) is 0 Å². The Morgan fingerprint density at radius 2 is 1.84 bits per heavy atom. The topological polar surface area (TPSA) is 119 Å². The predicted octanol–water partition coefficient (Wildman–Crippen LogP) is 4.00. The SMILES string of the molecule is COc1ccc(NC2=C(C(C)=O)[C@H](c3cccc([N+](=O)[O-])c3)[C@@H](C(C)=O)[C@@](C)(O)C2)cc1. The maximum atomic E-state index is 12.8. The molecule has 8 nitrogen and oxygen atoms in total. The van der Waals surface area contributed by atoms with Crippen LogP contribution in [-0.4, -0.2) is 34.3 Å². The van der Waals surface area contributed by atoms with Crippen LogP contribution in [0.25, 0.3) is 0 Å². The monoisotopic (exact) mass is 438 g/mol. The summed E-state index contributed by atoms with van der Waals surface area (Å²) in [7, 11) is 1.56. The molecule has 168 valence electrons. The molecule has 1 aliphatic carbocycles. The van der Waals surface area contributed by atoms with Gasteiger partial charge in [-0.1, -0.05) is 12.1 Å². The van der Waals surface area contributed by atoms with Gasteiger partial charge in [-0.05, 0) is 50.6 Å². The maximum Gasteiger partial charge on any atom is 0.269 e. The number of aliphatic hydroxyl groups is 1. The first kappa shape index (κ1) is 23.1. The fourth-order valence-electron chi connectivity index (χ4n) is 4.53. The number of nitrogens with zero attached hydrogens (tertiary/aromatic N) is 1. The zero-order chi connectivity index (χ0) is 23.6. The molecular formula is C24H26N2O6. The van der Waals surface area contributed by atoms with Crippen molar-refractivity contribution >= 4 is 22.9 Å². The number of non-ortho nitro benzene ring substituents is 1. The summed E-state index contributed by atoms with van der Waals surface area (Å²) in [5, 5.41) is 25.8. The molecule has 0 fully saturated rings. The molecule has 1 aliphatic rings. The van der Waals surface area contributed by atoms with Gasteiger partial charge < -0.3 is 15.2 Å². The predicted molar refractivity (Wildman–Crippen MR) is 120 cm³/mol. The highest BCUT2D eigenvalue weighted by Crippen LogP contribution is 2.48. The molecular weight excluding hydrogens is 412 g/mol. The largest absolute Gasteiger partial charge is 0.497 e. The number of nitrogens with one attached hydrogen (secondary N) is 1. The fourth-order valence-corrected chi connectivity index (χ4v) is 4.53. The highest BCUT2D eigenvalue weighted by atomic mass is 16.6. The third kappa shape index (κ3) is 4.55. The minimum absolute atomic E-state index is 0.0453. The lowest BCUT2D eigenvalue weighted by Crippen LogP contribution is -2.48. The fraction of sp³-hybridized carbons (Fsp3) is 0.333. The summed E-state index contributed by atoms with van der Waals surface area (Å²) in [6.07, 6.45) is 0.0453. The van der Waals surface area contributed by atoms with E-state index in [9.17, 15) is 24.8 Å². The Morgan fingerprint density at radius 1 is 1.19 bits per heavy atom. The highest BCUT2D eigenvalue weighted by Gasteiger charge is 2.49. The van der Waals surface area contributed by atoms with Gasteiger partial charge in [0.25, 0.3) is 5.69 Å². The second-order valence-corrected chi connectivity index (χ2v) is 8.25. The number of ether oxygens (including phenoxy) is 1. The molecule has 8 heteroatoms. The third-order valence-electron chi connectivity index (χ3n) is 5.82. The van der Waals surface area contributed by atoms with Crippen molar-refractivity contribution in [1.29, 1.82) is 0 Å². The Kier molecular flexibility index (Phi) is 6.45. The standard InChI is InChI=1S/C24H26N2O6/c1-14(27)21-20(25-17-8-10-19(32-4)11-9-17)13-24(3,29)23(15(2)28)22(21)16-6-5-7-18(12-16)26(30)31/h5-12,22-23,25,29H,13H2,1-4H3/t22-,23+,24-/m0/s1. The lowest BCUT2D eigenvalue weighted by Gasteiger charge is -2.43. The molecule has 0 spiro atoms. The van der Waals surface area contributed by atoms with Crippen molar-refractivity contribution in [1.82, 2.24) is 0 Å².